The molecule has 3 aliphatic heterocycles. The number of nitrogens with one attached hydrogen (secondary N) is 2. The molecule has 3 N–H and O–H groups in total. The standard InChI is InChI=1S/C16H17N5O2.C2HF3O2/c1-9-16(22)19-18-15-8-23-14-4-10-2-3-20(11-6-17-7-11)12(10)5-13(14)21(9)15;3-2(4,5)1(6)7/h2-5,9,11,17H,6-8H2,1H3,(H,19,22);(H,6,7). The molecule has 0 radical (unpaired) electrons. The lowest BCUT2D eigenvalue weighted by Gasteiger charge is -2.38. The number of carbonyl (C=O) groups is 2. The molecule has 2 aromatic rings. The number of carboxylic acids is 1. The van der Waals surface area contributed by atoms with Gasteiger partial charge in [-0.15, -0.1) is 0 Å². The van der Waals surface area contributed by atoms with Crippen LogP contribution in [0, 0.1) is 0 Å². The molecule has 1 aromatic heterocycles. The largest absolute Gasteiger partial charge is 0.490 e. The van der Waals surface area contributed by atoms with E-state index in [0.717, 1.165) is 35.7 Å². The van der Waals surface area contributed by atoms with Crippen LogP contribution in [-0.2, 0) is 9.59 Å². The maximum absolute atomic E-state index is 12.0. The van der Waals surface area contributed by atoms with E-state index in [4.69, 9.17) is 14.6 Å². The first-order valence-corrected chi connectivity index (χ1v) is 9.10. The molecule has 3 aliphatic rings. The van der Waals surface area contributed by atoms with Gasteiger partial charge in [0.05, 0.1) is 17.2 Å². The molecule has 4 heterocycles. The zero-order valence-corrected chi connectivity index (χ0v) is 15.7. The Morgan fingerprint density at radius 2 is 2.03 bits per heavy atom. The molecular weight excluding hydrogens is 407 g/mol. The quantitative estimate of drug-likeness (QED) is 0.638. The van der Waals surface area contributed by atoms with Gasteiger partial charge in [0, 0.05) is 24.7 Å². The first-order chi connectivity index (χ1) is 14.2. The number of fused-ring (bicyclic) bond motifs is 4. The molecule has 12 heteroatoms. The fraction of sp³-hybridized carbons (Fsp3) is 0.389. The van der Waals surface area contributed by atoms with Gasteiger partial charge in [-0.3, -0.25) is 4.79 Å². The van der Waals surface area contributed by atoms with Gasteiger partial charge in [-0.05, 0) is 25.1 Å². The second-order valence-corrected chi connectivity index (χ2v) is 7.06. The van der Waals surface area contributed by atoms with Gasteiger partial charge in [-0.1, -0.05) is 0 Å². The number of hydrogen-bond acceptors (Lipinski definition) is 6. The molecule has 1 saturated heterocycles. The summed E-state index contributed by atoms with van der Waals surface area (Å²) in [6.07, 6.45) is -2.96. The second-order valence-electron chi connectivity index (χ2n) is 7.06. The van der Waals surface area contributed by atoms with Crippen molar-refractivity contribution in [3.63, 3.8) is 0 Å². The fourth-order valence-electron chi connectivity index (χ4n) is 3.46. The smallest absolute Gasteiger partial charge is 0.483 e. The molecule has 0 spiro atoms. The maximum Gasteiger partial charge on any atom is 0.490 e. The number of aromatic nitrogens is 1. The van der Waals surface area contributed by atoms with Crippen molar-refractivity contribution in [1.82, 2.24) is 15.3 Å². The zero-order valence-electron chi connectivity index (χ0n) is 15.7. The number of nitrogens with zero attached hydrogens (tertiary/aromatic N) is 3. The lowest BCUT2D eigenvalue weighted by atomic mass is 10.1. The summed E-state index contributed by atoms with van der Waals surface area (Å²) >= 11 is 0. The van der Waals surface area contributed by atoms with Crippen molar-refractivity contribution in [2.75, 3.05) is 24.6 Å². The highest BCUT2D eigenvalue weighted by Crippen LogP contribution is 2.39. The Morgan fingerprint density at radius 1 is 1.33 bits per heavy atom. The monoisotopic (exact) mass is 425 g/mol. The highest BCUT2D eigenvalue weighted by molar-refractivity contribution is 6.10. The van der Waals surface area contributed by atoms with Gasteiger partial charge >= 0.3 is 12.1 Å². The van der Waals surface area contributed by atoms with E-state index >= 15 is 0 Å². The average molecular weight is 425 g/mol. The molecule has 30 heavy (non-hydrogen) atoms. The van der Waals surface area contributed by atoms with Crippen LogP contribution in [0.3, 0.4) is 0 Å². The van der Waals surface area contributed by atoms with Crippen LogP contribution >= 0.6 is 0 Å². The molecule has 1 unspecified atom stereocenters. The molecule has 1 atom stereocenters. The molecule has 0 bridgehead atoms. The number of carboxylic acid groups (broad SMARTS) is 1. The Labute approximate surface area is 168 Å². The van der Waals surface area contributed by atoms with Gasteiger partial charge in [0.1, 0.15) is 18.4 Å². The molecule has 1 aromatic carbocycles. The molecule has 1 fully saturated rings. The molecule has 0 saturated carbocycles. The van der Waals surface area contributed by atoms with Crippen LogP contribution in [0.25, 0.3) is 10.9 Å². The molecule has 160 valence electrons. The van der Waals surface area contributed by atoms with Gasteiger partial charge in [0.2, 0.25) is 0 Å². The second kappa shape index (κ2) is 7.20. The number of halogens is 3. The van der Waals surface area contributed by atoms with Crippen LogP contribution < -0.4 is 20.4 Å². The predicted molar refractivity (Wildman–Crippen MR) is 101 cm³/mol. The number of ether oxygens (including phenoxy) is 1. The van der Waals surface area contributed by atoms with Crippen molar-refractivity contribution < 1.29 is 32.6 Å². The fourth-order valence-corrected chi connectivity index (χ4v) is 3.46. The van der Waals surface area contributed by atoms with Crippen molar-refractivity contribution in [2.45, 2.75) is 25.2 Å². The number of carbonyl (C=O) groups excluding carboxylic acids is 1. The van der Waals surface area contributed by atoms with Crippen molar-refractivity contribution in [3.8, 4) is 5.75 Å². The van der Waals surface area contributed by atoms with E-state index < -0.39 is 12.1 Å². The Hall–Kier alpha value is -3.28. The summed E-state index contributed by atoms with van der Waals surface area (Å²) < 4.78 is 39.9. The summed E-state index contributed by atoms with van der Waals surface area (Å²) in [5.74, 6) is -1.30. The minimum absolute atomic E-state index is 0.0970. The van der Waals surface area contributed by atoms with E-state index in [2.05, 4.69) is 44.8 Å². The van der Waals surface area contributed by atoms with Crippen LogP contribution in [-0.4, -0.2) is 59.3 Å². The summed E-state index contributed by atoms with van der Waals surface area (Å²) in [6, 6.07) is 6.49. The lowest BCUT2D eigenvalue weighted by molar-refractivity contribution is -0.192. The molecule has 1 amide bonds. The molecule has 5 rings (SSSR count). The summed E-state index contributed by atoms with van der Waals surface area (Å²) in [5.41, 5.74) is 4.63. The average Bonchev–Trinajstić information content (AvgIpc) is 3.03. The topological polar surface area (TPSA) is 108 Å². The number of benzene rings is 1. The van der Waals surface area contributed by atoms with E-state index in [1.807, 2.05) is 11.8 Å². The minimum Gasteiger partial charge on any atom is -0.483 e. The zero-order chi connectivity index (χ0) is 21.6. The van der Waals surface area contributed by atoms with E-state index in [-0.39, 0.29) is 11.9 Å². The predicted octanol–water partition coefficient (Wildman–Crippen LogP) is 1.45. The first kappa shape index (κ1) is 20.0. The van der Waals surface area contributed by atoms with Gasteiger partial charge < -0.3 is 24.6 Å². The van der Waals surface area contributed by atoms with E-state index in [1.54, 1.807) is 0 Å². The number of amidine groups is 1. The van der Waals surface area contributed by atoms with Gasteiger partial charge in [0.15, 0.2) is 5.84 Å². The molecule has 0 aliphatic carbocycles. The normalized spacial score (nSPS) is 20.7. The Balaban J connectivity index is 0.000000272. The van der Waals surface area contributed by atoms with Crippen molar-refractivity contribution >= 4 is 34.3 Å². The van der Waals surface area contributed by atoms with Crippen LogP contribution in [0.5, 0.6) is 5.75 Å². The first-order valence-electron chi connectivity index (χ1n) is 9.10. The lowest BCUT2D eigenvalue weighted by Crippen LogP contribution is -2.55. The van der Waals surface area contributed by atoms with E-state index in [0.29, 0.717) is 12.6 Å². The molecular formula is C18H18F3N5O4. The number of anilines is 1. The summed E-state index contributed by atoms with van der Waals surface area (Å²) in [5, 5.41) is 15.7. The summed E-state index contributed by atoms with van der Waals surface area (Å²) in [7, 11) is 0. The van der Waals surface area contributed by atoms with E-state index in [1.165, 1.54) is 5.52 Å². The van der Waals surface area contributed by atoms with Crippen LogP contribution in [0.15, 0.2) is 29.5 Å². The highest BCUT2D eigenvalue weighted by Gasteiger charge is 2.38. The van der Waals surface area contributed by atoms with Crippen LogP contribution in [0.2, 0.25) is 0 Å². The minimum atomic E-state index is -5.08. The number of hydrazone groups is 1. The van der Waals surface area contributed by atoms with Crippen molar-refractivity contribution in [3.05, 3.63) is 24.4 Å². The molecule has 9 nitrogen and oxygen atoms in total. The number of alkyl halides is 3. The number of rotatable bonds is 1. The maximum atomic E-state index is 12.0. The van der Waals surface area contributed by atoms with E-state index in [9.17, 15) is 18.0 Å². The Morgan fingerprint density at radius 3 is 2.63 bits per heavy atom. The van der Waals surface area contributed by atoms with Crippen molar-refractivity contribution in [1.29, 1.82) is 0 Å². The Bertz CT molecular complexity index is 1040. The third kappa shape index (κ3) is 3.43. The van der Waals surface area contributed by atoms with Gasteiger partial charge in [-0.2, -0.15) is 18.3 Å². The van der Waals surface area contributed by atoms with Crippen LogP contribution in [0.4, 0.5) is 18.9 Å². The number of aliphatic carboxylic acids is 1. The number of amides is 1. The summed E-state index contributed by atoms with van der Waals surface area (Å²) in [4.78, 5) is 22.9. The number of hydrogen-bond donors (Lipinski definition) is 3. The van der Waals surface area contributed by atoms with Gasteiger partial charge in [-0.25, -0.2) is 10.2 Å². The third-order valence-corrected chi connectivity index (χ3v) is 5.15. The van der Waals surface area contributed by atoms with Gasteiger partial charge in [0.25, 0.3) is 5.91 Å². The summed E-state index contributed by atoms with van der Waals surface area (Å²) in [6.45, 7) is 4.24. The van der Waals surface area contributed by atoms with Crippen LogP contribution in [0.1, 0.15) is 13.0 Å². The SMILES string of the molecule is CC1C(=O)NN=C2COc3cc4ccn(C5CNC5)c4cc3N21.O=C(O)C(F)(F)F. The highest BCUT2D eigenvalue weighted by atomic mass is 19.4. The Kier molecular flexibility index (Phi) is 4.80. The third-order valence-electron chi connectivity index (χ3n) is 5.15. The van der Waals surface area contributed by atoms with Crippen molar-refractivity contribution in [2.24, 2.45) is 5.10 Å².